The smallest absolute Gasteiger partial charge is 0.263 e. The summed E-state index contributed by atoms with van der Waals surface area (Å²) in [7, 11) is 0. The molecule has 1 amide bonds. The highest BCUT2D eigenvalue weighted by atomic mass is 32.2. The van der Waals surface area contributed by atoms with E-state index in [0.717, 1.165) is 39.5 Å². The molecule has 1 saturated heterocycles. The van der Waals surface area contributed by atoms with Crippen molar-refractivity contribution in [1.82, 2.24) is 9.88 Å². The van der Waals surface area contributed by atoms with E-state index in [1.165, 1.54) is 11.8 Å². The van der Waals surface area contributed by atoms with Crippen LogP contribution in [0.25, 0.3) is 34.3 Å². The largest absolute Gasteiger partial charge is 0.494 e. The van der Waals surface area contributed by atoms with Crippen LogP contribution in [0.5, 0.6) is 5.75 Å². The summed E-state index contributed by atoms with van der Waals surface area (Å²) in [4.78, 5) is 13.0. The molecule has 1 aliphatic heterocycles. The second-order valence-corrected chi connectivity index (χ2v) is 9.40. The van der Waals surface area contributed by atoms with Crippen molar-refractivity contribution in [2.24, 2.45) is 0 Å². The minimum atomic E-state index is -0.163. The second-order valence-electron chi connectivity index (χ2n) is 7.68. The molecule has 0 spiro atoms. The van der Waals surface area contributed by atoms with Crippen LogP contribution in [-0.2, 0) is 4.79 Å². The van der Waals surface area contributed by atoms with Crippen LogP contribution >= 0.6 is 24.0 Å². The molecule has 6 heteroatoms. The molecule has 1 fully saturated rings. The highest BCUT2D eigenvalue weighted by Crippen LogP contribution is 2.39. The zero-order chi connectivity index (χ0) is 23.5. The lowest BCUT2D eigenvalue weighted by Crippen LogP contribution is -2.17. The summed E-state index contributed by atoms with van der Waals surface area (Å²) in [6.45, 7) is 2.59. The lowest BCUT2D eigenvalue weighted by Gasteiger charge is -2.16. The number of amides is 1. The molecule has 0 aliphatic carbocycles. The van der Waals surface area contributed by atoms with Crippen molar-refractivity contribution in [1.29, 1.82) is 0 Å². The first kappa shape index (κ1) is 22.2. The monoisotopic (exact) mass is 482 g/mol. The third kappa shape index (κ3) is 4.42. The maximum absolute atomic E-state index is 12.5. The Morgan fingerprint density at radius 2 is 1.59 bits per heavy atom. The van der Waals surface area contributed by atoms with Gasteiger partial charge in [-0.2, -0.15) is 0 Å². The molecule has 2 heterocycles. The molecule has 168 valence electrons. The van der Waals surface area contributed by atoms with Crippen LogP contribution < -0.4 is 10.1 Å². The second kappa shape index (κ2) is 9.71. The summed E-state index contributed by atoms with van der Waals surface area (Å²) in [6.07, 6.45) is 1.93. The Labute approximate surface area is 208 Å². The van der Waals surface area contributed by atoms with Gasteiger partial charge in [-0.15, -0.1) is 0 Å². The minimum absolute atomic E-state index is 0.163. The molecule has 1 aromatic heterocycles. The van der Waals surface area contributed by atoms with E-state index in [0.29, 0.717) is 15.8 Å². The van der Waals surface area contributed by atoms with Gasteiger partial charge in [0.1, 0.15) is 10.1 Å². The van der Waals surface area contributed by atoms with E-state index in [1.807, 2.05) is 61.5 Å². The molecule has 34 heavy (non-hydrogen) atoms. The molecule has 4 aromatic rings. The van der Waals surface area contributed by atoms with Crippen molar-refractivity contribution in [2.75, 3.05) is 6.61 Å². The predicted octanol–water partition coefficient (Wildman–Crippen LogP) is 6.70. The summed E-state index contributed by atoms with van der Waals surface area (Å²) in [6, 6.07) is 30.7. The van der Waals surface area contributed by atoms with Crippen molar-refractivity contribution in [3.8, 4) is 34.0 Å². The van der Waals surface area contributed by atoms with Gasteiger partial charge in [0.05, 0.1) is 22.9 Å². The molecule has 0 saturated carbocycles. The summed E-state index contributed by atoms with van der Waals surface area (Å²) < 4.78 is 8.38. The third-order valence-corrected chi connectivity index (χ3v) is 6.64. The Kier molecular flexibility index (Phi) is 6.34. The Morgan fingerprint density at radius 1 is 0.941 bits per heavy atom. The van der Waals surface area contributed by atoms with Gasteiger partial charge >= 0.3 is 0 Å². The summed E-state index contributed by atoms with van der Waals surface area (Å²) in [5.74, 6) is 0.667. The van der Waals surface area contributed by atoms with Gasteiger partial charge in [0.2, 0.25) is 0 Å². The minimum Gasteiger partial charge on any atom is -0.494 e. The molecule has 5 rings (SSSR count). The molecular weight excluding hydrogens is 460 g/mol. The Morgan fingerprint density at radius 3 is 2.18 bits per heavy atom. The van der Waals surface area contributed by atoms with Crippen LogP contribution in [0.1, 0.15) is 12.5 Å². The van der Waals surface area contributed by atoms with Crippen molar-refractivity contribution in [3.63, 3.8) is 0 Å². The van der Waals surface area contributed by atoms with Gasteiger partial charge < -0.3 is 14.6 Å². The van der Waals surface area contributed by atoms with Crippen LogP contribution in [-0.4, -0.2) is 21.4 Å². The van der Waals surface area contributed by atoms with E-state index in [2.05, 4.69) is 52.3 Å². The third-order valence-electron chi connectivity index (χ3n) is 5.48. The summed E-state index contributed by atoms with van der Waals surface area (Å²) in [5, 5.41) is 2.72. The number of hydrogen-bond acceptors (Lipinski definition) is 4. The Bertz CT molecular complexity index is 1380. The van der Waals surface area contributed by atoms with Gasteiger partial charge in [-0.3, -0.25) is 4.79 Å². The fraction of sp³-hybridized carbons (Fsp3) is 0.0714. The number of nitrogens with one attached hydrogen (secondary N) is 1. The van der Waals surface area contributed by atoms with Gasteiger partial charge in [-0.05, 0) is 54.5 Å². The van der Waals surface area contributed by atoms with Crippen LogP contribution in [0.3, 0.4) is 0 Å². The molecule has 3 aromatic carbocycles. The molecule has 0 bridgehead atoms. The standard InChI is InChI=1S/C28H22N2O2S2/c1-2-32-23-15-13-22(14-16-23)30-24(19-9-5-3-6-10-19)17-21(18-25-27(31)29-28(33)34-25)26(30)20-11-7-4-8-12-20/h3-18H,2H2,1H3,(H,29,31,33)/b25-18-. The first-order valence-electron chi connectivity index (χ1n) is 11.0. The SMILES string of the molecule is CCOc1ccc(-n2c(-c3ccccc3)cc(/C=C3\SC(=S)NC3=O)c2-c2ccccc2)cc1. The van der Waals surface area contributed by atoms with Crippen molar-refractivity contribution in [2.45, 2.75) is 6.92 Å². The fourth-order valence-electron chi connectivity index (χ4n) is 4.04. The van der Waals surface area contributed by atoms with Gasteiger partial charge in [0.15, 0.2) is 0 Å². The lowest BCUT2D eigenvalue weighted by molar-refractivity contribution is -0.115. The van der Waals surface area contributed by atoms with Crippen LogP contribution in [0.2, 0.25) is 0 Å². The zero-order valence-corrected chi connectivity index (χ0v) is 20.2. The van der Waals surface area contributed by atoms with Crippen molar-refractivity contribution >= 4 is 40.3 Å². The summed E-state index contributed by atoms with van der Waals surface area (Å²) >= 11 is 6.50. The Hall–Kier alpha value is -3.61. The van der Waals surface area contributed by atoms with Gasteiger partial charge in [-0.25, -0.2) is 0 Å². The normalized spacial score (nSPS) is 14.4. The van der Waals surface area contributed by atoms with Gasteiger partial charge in [0.25, 0.3) is 5.91 Å². The predicted molar refractivity (Wildman–Crippen MR) is 144 cm³/mol. The van der Waals surface area contributed by atoms with Gasteiger partial charge in [0, 0.05) is 11.3 Å². The number of nitrogens with zero attached hydrogens (tertiary/aromatic N) is 1. The van der Waals surface area contributed by atoms with E-state index < -0.39 is 0 Å². The van der Waals surface area contributed by atoms with Gasteiger partial charge in [-0.1, -0.05) is 84.6 Å². The van der Waals surface area contributed by atoms with E-state index in [-0.39, 0.29) is 5.91 Å². The quantitative estimate of drug-likeness (QED) is 0.245. The van der Waals surface area contributed by atoms with E-state index >= 15 is 0 Å². The van der Waals surface area contributed by atoms with Crippen molar-refractivity contribution < 1.29 is 9.53 Å². The highest BCUT2D eigenvalue weighted by molar-refractivity contribution is 8.26. The topological polar surface area (TPSA) is 43.3 Å². The number of carbonyl (C=O) groups excluding carboxylic acids is 1. The van der Waals surface area contributed by atoms with Crippen LogP contribution in [0.4, 0.5) is 0 Å². The summed E-state index contributed by atoms with van der Waals surface area (Å²) in [5.41, 5.74) is 6.11. The molecule has 0 unspecified atom stereocenters. The molecule has 4 nitrogen and oxygen atoms in total. The van der Waals surface area contributed by atoms with E-state index in [4.69, 9.17) is 17.0 Å². The maximum Gasteiger partial charge on any atom is 0.263 e. The number of aromatic nitrogens is 1. The molecule has 1 aliphatic rings. The number of rotatable bonds is 6. The Balaban J connectivity index is 1.78. The number of carbonyl (C=O) groups is 1. The average Bonchev–Trinajstić information content (AvgIpc) is 3.40. The first-order valence-corrected chi connectivity index (χ1v) is 12.2. The number of benzene rings is 3. The zero-order valence-electron chi connectivity index (χ0n) is 18.5. The molecule has 0 atom stereocenters. The lowest BCUT2D eigenvalue weighted by atomic mass is 10.1. The maximum atomic E-state index is 12.5. The number of thioether (sulfide) groups is 1. The van der Waals surface area contributed by atoms with E-state index in [1.54, 1.807) is 0 Å². The highest BCUT2D eigenvalue weighted by Gasteiger charge is 2.25. The molecule has 1 N–H and O–H groups in total. The molecular formula is C28H22N2O2S2. The number of hydrogen-bond donors (Lipinski definition) is 1. The average molecular weight is 483 g/mol. The van der Waals surface area contributed by atoms with Crippen LogP contribution in [0, 0.1) is 0 Å². The number of ether oxygens (including phenoxy) is 1. The number of thiocarbonyl (C=S) groups is 1. The van der Waals surface area contributed by atoms with Crippen LogP contribution in [0.15, 0.2) is 95.9 Å². The first-order chi connectivity index (χ1) is 16.6. The fourth-order valence-corrected chi connectivity index (χ4v) is 5.08. The van der Waals surface area contributed by atoms with Crippen molar-refractivity contribution in [3.05, 3.63) is 101 Å². The van der Waals surface area contributed by atoms with E-state index in [9.17, 15) is 4.79 Å². The molecule has 0 radical (unpaired) electrons.